The Labute approximate surface area is 270 Å². The van der Waals surface area contributed by atoms with Crippen LogP contribution >= 0.6 is 11.6 Å². The van der Waals surface area contributed by atoms with Crippen LogP contribution in [-0.2, 0) is 21.6 Å². The second-order valence-corrected chi connectivity index (χ2v) is 12.4. The van der Waals surface area contributed by atoms with Crippen LogP contribution < -0.4 is 5.32 Å². The van der Waals surface area contributed by atoms with Gasteiger partial charge >= 0.3 is 0 Å². The maximum Gasteiger partial charge on any atom is 0.254 e. The molecule has 2 atom stereocenters. The largest absolute Gasteiger partial charge is 0.385 e. The van der Waals surface area contributed by atoms with E-state index in [4.69, 9.17) is 31.0 Å². The molecule has 1 aromatic heterocycles. The number of fused-ring (bicyclic) bond motifs is 1. The summed E-state index contributed by atoms with van der Waals surface area (Å²) in [5, 5.41) is 17.4. The lowest BCUT2D eigenvalue weighted by Crippen LogP contribution is -2.54. The van der Waals surface area contributed by atoms with E-state index in [1.165, 1.54) is 0 Å². The van der Waals surface area contributed by atoms with Gasteiger partial charge in [0.15, 0.2) is 5.82 Å². The summed E-state index contributed by atoms with van der Waals surface area (Å²) < 4.78 is 11.6. The summed E-state index contributed by atoms with van der Waals surface area (Å²) in [6.45, 7) is 6.46. The van der Waals surface area contributed by atoms with Gasteiger partial charge in [-0.25, -0.2) is 9.97 Å². The van der Waals surface area contributed by atoms with Gasteiger partial charge in [0.25, 0.3) is 5.91 Å². The van der Waals surface area contributed by atoms with E-state index in [9.17, 15) is 9.90 Å². The fourth-order valence-corrected chi connectivity index (χ4v) is 6.41. The van der Waals surface area contributed by atoms with Gasteiger partial charge in [-0.05, 0) is 67.6 Å². The molecule has 1 aliphatic heterocycles. The molecule has 1 saturated heterocycles. The minimum Gasteiger partial charge on any atom is -0.385 e. The minimum atomic E-state index is -1.49. The number of aromatic nitrogens is 2. The lowest BCUT2D eigenvalue weighted by Gasteiger charge is -2.43. The van der Waals surface area contributed by atoms with E-state index in [0.29, 0.717) is 60.1 Å². The number of methoxy groups -OCH3 is 1. The van der Waals surface area contributed by atoms with Crippen LogP contribution in [-0.4, -0.2) is 72.4 Å². The second-order valence-electron chi connectivity index (χ2n) is 12.0. The van der Waals surface area contributed by atoms with Crippen molar-refractivity contribution in [3.05, 3.63) is 94.1 Å². The Hall–Kier alpha value is -3.40. The average molecular weight is 631 g/mol. The first-order valence-corrected chi connectivity index (χ1v) is 16.1. The molecule has 0 spiro atoms. The van der Waals surface area contributed by atoms with Gasteiger partial charge in [0.2, 0.25) is 0 Å². The Kier molecular flexibility index (Phi) is 10.8. The summed E-state index contributed by atoms with van der Waals surface area (Å²) in [4.78, 5) is 25.4. The van der Waals surface area contributed by atoms with Crippen LogP contribution in [0.1, 0.15) is 66.2 Å². The number of halogens is 1. The number of nitrogens with one attached hydrogen (secondary N) is 1. The number of para-hydroxylation sites is 1. The highest BCUT2D eigenvalue weighted by atomic mass is 35.5. The molecule has 1 aliphatic rings. The highest BCUT2D eigenvalue weighted by molar-refractivity contribution is 6.33. The van der Waals surface area contributed by atoms with Crippen LogP contribution in [0.25, 0.3) is 22.3 Å². The first-order chi connectivity index (χ1) is 21.8. The van der Waals surface area contributed by atoms with Crippen LogP contribution in [0, 0.1) is 0 Å². The van der Waals surface area contributed by atoms with Crippen LogP contribution in [0.2, 0.25) is 5.02 Å². The van der Waals surface area contributed by atoms with E-state index in [1.807, 2.05) is 67.7 Å². The van der Waals surface area contributed by atoms with E-state index in [1.54, 1.807) is 18.1 Å². The van der Waals surface area contributed by atoms with Crippen molar-refractivity contribution in [1.82, 2.24) is 20.2 Å². The highest BCUT2D eigenvalue weighted by Crippen LogP contribution is 2.43. The van der Waals surface area contributed by atoms with Crippen molar-refractivity contribution in [2.45, 2.75) is 57.3 Å². The van der Waals surface area contributed by atoms with Crippen LogP contribution in [0.15, 0.2) is 66.7 Å². The van der Waals surface area contributed by atoms with E-state index >= 15 is 0 Å². The molecule has 5 rings (SSSR count). The molecule has 2 heterocycles. The number of morpholine rings is 1. The predicted octanol–water partition coefficient (Wildman–Crippen LogP) is 6.34. The number of nitrogens with zero attached hydrogens (tertiary/aromatic N) is 3. The van der Waals surface area contributed by atoms with Gasteiger partial charge in [-0.3, -0.25) is 4.79 Å². The third-order valence-corrected chi connectivity index (χ3v) is 8.82. The van der Waals surface area contributed by atoms with E-state index < -0.39 is 11.7 Å². The number of hydrogen-bond acceptors (Lipinski definition) is 7. The number of benzene rings is 3. The molecule has 45 heavy (non-hydrogen) atoms. The van der Waals surface area contributed by atoms with E-state index in [2.05, 4.69) is 19.2 Å². The highest BCUT2D eigenvalue weighted by Gasteiger charge is 2.44. The van der Waals surface area contributed by atoms with Crippen LogP contribution in [0.5, 0.6) is 0 Å². The predicted molar refractivity (Wildman–Crippen MR) is 179 cm³/mol. The van der Waals surface area contributed by atoms with Gasteiger partial charge in [0, 0.05) is 43.3 Å². The van der Waals surface area contributed by atoms with Crippen LogP contribution in [0.3, 0.4) is 0 Å². The molecule has 3 aromatic carbocycles. The number of amides is 1. The molecule has 1 fully saturated rings. The Morgan fingerprint density at radius 1 is 1.11 bits per heavy atom. The summed E-state index contributed by atoms with van der Waals surface area (Å²) in [7, 11) is 3.56. The van der Waals surface area contributed by atoms with Gasteiger partial charge in [-0.15, -0.1) is 0 Å². The molecule has 2 unspecified atom stereocenters. The monoisotopic (exact) mass is 630 g/mol. The molecule has 2 N–H and O–H groups in total. The Morgan fingerprint density at radius 2 is 1.89 bits per heavy atom. The first-order valence-electron chi connectivity index (χ1n) is 15.7. The van der Waals surface area contributed by atoms with Gasteiger partial charge in [-0.1, -0.05) is 67.9 Å². The SMILES string of the molecule is CNCc1ccc(C(=O)N2CCOC(C(O)(CCCCOC)c3cccc(Cl)c3-c3nc(C(C)C)c4ccccc4n3)C2)cc1. The zero-order valence-electron chi connectivity index (χ0n) is 26.6. The van der Waals surface area contributed by atoms with Gasteiger partial charge in [0.1, 0.15) is 11.7 Å². The van der Waals surface area contributed by atoms with Crippen molar-refractivity contribution in [2.75, 3.05) is 40.5 Å². The summed E-state index contributed by atoms with van der Waals surface area (Å²) in [5.41, 5.74) is 3.11. The summed E-state index contributed by atoms with van der Waals surface area (Å²) in [6, 6.07) is 21.1. The number of rotatable bonds is 12. The first kappa shape index (κ1) is 33.0. The number of ether oxygens (including phenoxy) is 2. The fourth-order valence-electron chi connectivity index (χ4n) is 6.15. The van der Waals surface area contributed by atoms with Gasteiger partial charge < -0.3 is 24.8 Å². The second kappa shape index (κ2) is 14.8. The van der Waals surface area contributed by atoms with Crippen molar-refractivity contribution in [3.63, 3.8) is 0 Å². The van der Waals surface area contributed by atoms with Gasteiger partial charge in [-0.2, -0.15) is 0 Å². The molecule has 1 amide bonds. The standard InChI is InChI=1S/C36H43ClN4O4/c1-24(2)33-27-10-5-6-13-30(27)39-34(40-33)32-28(11-9-12-29(32)37)36(43,18-7-8-20-44-4)31-23-41(19-21-45-31)35(42)26-16-14-25(15-17-26)22-38-3/h5-6,9-17,24,31,38,43H,7-8,18-23H2,1-4H3. The Morgan fingerprint density at radius 3 is 2.62 bits per heavy atom. The molecule has 238 valence electrons. The third kappa shape index (κ3) is 7.21. The van der Waals surface area contributed by atoms with Crippen molar-refractivity contribution in [2.24, 2.45) is 0 Å². The summed E-state index contributed by atoms with van der Waals surface area (Å²) in [6.07, 6.45) is 1.10. The molecule has 4 aromatic rings. The number of carbonyl (C=O) groups is 1. The molecule has 9 heteroatoms. The minimum absolute atomic E-state index is 0.0909. The lowest BCUT2D eigenvalue weighted by atomic mass is 9.80. The molecule has 0 bridgehead atoms. The maximum absolute atomic E-state index is 13.7. The van der Waals surface area contributed by atoms with Crippen molar-refractivity contribution in [3.8, 4) is 11.4 Å². The zero-order chi connectivity index (χ0) is 32.0. The average Bonchev–Trinajstić information content (AvgIpc) is 3.06. The molecular weight excluding hydrogens is 588 g/mol. The molecule has 0 aliphatic carbocycles. The summed E-state index contributed by atoms with van der Waals surface area (Å²) in [5.74, 6) is 0.509. The van der Waals surface area contributed by atoms with E-state index in [-0.39, 0.29) is 18.4 Å². The zero-order valence-corrected chi connectivity index (χ0v) is 27.3. The fraction of sp³-hybridized carbons (Fsp3) is 0.417. The third-order valence-electron chi connectivity index (χ3n) is 8.51. The normalized spacial score (nSPS) is 16.7. The Bertz CT molecular complexity index is 1610. The number of aliphatic hydroxyl groups is 1. The smallest absolute Gasteiger partial charge is 0.254 e. The van der Waals surface area contributed by atoms with Crippen molar-refractivity contribution in [1.29, 1.82) is 0 Å². The van der Waals surface area contributed by atoms with E-state index in [0.717, 1.165) is 35.1 Å². The number of carbonyl (C=O) groups excluding carboxylic acids is 1. The lowest BCUT2D eigenvalue weighted by molar-refractivity contribution is -0.146. The van der Waals surface area contributed by atoms with Crippen molar-refractivity contribution < 1.29 is 19.4 Å². The number of hydrogen-bond donors (Lipinski definition) is 2. The molecular formula is C36H43ClN4O4. The van der Waals surface area contributed by atoms with Crippen molar-refractivity contribution >= 4 is 28.4 Å². The molecule has 8 nitrogen and oxygen atoms in total. The maximum atomic E-state index is 13.7. The summed E-state index contributed by atoms with van der Waals surface area (Å²) >= 11 is 6.95. The topological polar surface area (TPSA) is 96.8 Å². The number of unbranched alkanes of at least 4 members (excludes halogenated alkanes) is 1. The molecule has 0 saturated carbocycles. The molecule has 0 radical (unpaired) electrons. The van der Waals surface area contributed by atoms with Gasteiger partial charge in [0.05, 0.1) is 29.4 Å². The Balaban J connectivity index is 1.56. The van der Waals surface area contributed by atoms with Crippen LogP contribution in [0.4, 0.5) is 0 Å². The quantitative estimate of drug-likeness (QED) is 0.176.